The maximum Gasteiger partial charge on any atom is 0.488 e. The molecule has 2 atom stereocenters. The molecule has 1 aromatic carbocycles. The molecule has 12 nitrogen and oxygen atoms in total. The van der Waals surface area contributed by atoms with E-state index >= 15 is 0 Å². The van der Waals surface area contributed by atoms with E-state index < -0.39 is 35.4 Å². The Morgan fingerprint density at radius 1 is 1.14 bits per heavy atom. The van der Waals surface area contributed by atoms with Crippen LogP contribution in [0, 0.1) is 5.82 Å². The minimum absolute atomic E-state index is 0.0926. The summed E-state index contributed by atoms with van der Waals surface area (Å²) in [5, 5.41) is 0.214. The number of rotatable bonds is 10. The number of anilines is 1. The van der Waals surface area contributed by atoms with Crippen LogP contribution >= 0.6 is 34.6 Å². The summed E-state index contributed by atoms with van der Waals surface area (Å²) in [5.41, 5.74) is 6.64. The maximum absolute atomic E-state index is 13.4. The zero-order valence-electron chi connectivity index (χ0n) is 14.3. The van der Waals surface area contributed by atoms with E-state index in [9.17, 15) is 23.0 Å². The summed E-state index contributed by atoms with van der Waals surface area (Å²) >= 11 is 1.11. The van der Waals surface area contributed by atoms with Gasteiger partial charge in [0.1, 0.15) is 12.2 Å². The Labute approximate surface area is 167 Å². The van der Waals surface area contributed by atoms with E-state index in [0.29, 0.717) is 16.1 Å². The first kappa shape index (κ1) is 24.3. The number of nitrogen functional groups attached to an aromatic ring is 1. The molecule has 0 aliphatic heterocycles. The van der Waals surface area contributed by atoms with Crippen LogP contribution in [-0.2, 0) is 33.5 Å². The second-order valence-electron chi connectivity index (χ2n) is 5.39. The third-order valence-corrected chi connectivity index (χ3v) is 7.99. The van der Waals surface area contributed by atoms with Crippen molar-refractivity contribution in [1.82, 2.24) is 4.98 Å². The first-order valence-electron chi connectivity index (χ1n) is 7.48. The Morgan fingerprint density at radius 3 is 2.45 bits per heavy atom. The van der Waals surface area contributed by atoms with Crippen molar-refractivity contribution in [2.45, 2.75) is 6.42 Å². The number of nitrogens with two attached hydrogens (primary N) is 1. The molecule has 2 rings (SSSR count). The monoisotopic (exact) mass is 492 g/mol. The lowest BCUT2D eigenvalue weighted by atomic mass is 10.1. The molecular formula is C12H16FN2O10P3S. The van der Waals surface area contributed by atoms with Crippen LogP contribution in [0.4, 0.5) is 9.52 Å². The molecule has 2 unspecified atom stereocenters. The van der Waals surface area contributed by atoms with Gasteiger partial charge in [-0.2, -0.15) is 4.31 Å². The van der Waals surface area contributed by atoms with Crippen LogP contribution in [0.1, 0.15) is 5.69 Å². The summed E-state index contributed by atoms with van der Waals surface area (Å²) in [6, 6.07) is 5.71. The first-order chi connectivity index (χ1) is 13.3. The molecule has 1 heterocycles. The molecule has 0 saturated carbocycles. The summed E-state index contributed by atoms with van der Waals surface area (Å²) < 4.78 is 59.2. The lowest BCUT2D eigenvalue weighted by Crippen LogP contribution is -2.04. The van der Waals surface area contributed by atoms with Gasteiger partial charge in [0.05, 0.1) is 17.2 Å². The van der Waals surface area contributed by atoms with Crippen LogP contribution in [0.5, 0.6) is 0 Å². The van der Waals surface area contributed by atoms with Crippen LogP contribution in [0.3, 0.4) is 0 Å². The molecule has 0 radical (unpaired) electrons. The number of hydrogen-bond donors (Lipinski definition) is 5. The van der Waals surface area contributed by atoms with E-state index in [1.165, 1.54) is 18.2 Å². The Hall–Kier alpha value is -1.01. The van der Waals surface area contributed by atoms with E-state index in [0.717, 1.165) is 11.3 Å². The van der Waals surface area contributed by atoms with Gasteiger partial charge in [0, 0.05) is 6.42 Å². The zero-order chi connectivity index (χ0) is 21.9. The molecule has 2 aromatic rings. The molecule has 1 aromatic heterocycles. The van der Waals surface area contributed by atoms with Crippen molar-refractivity contribution < 1.29 is 51.0 Å². The predicted octanol–water partition coefficient (Wildman–Crippen LogP) is 2.46. The lowest BCUT2D eigenvalue weighted by Gasteiger charge is -2.16. The van der Waals surface area contributed by atoms with Gasteiger partial charge in [0.2, 0.25) is 0 Å². The standard InChI is InChI=1S/C12H16FN2O10P3S/c13-9-3-1-2-8(6-9)11-10(15-12(14)29-11)4-5-23-7-26(16,17)24-28(21,22)25-27(18,19)20/h1-3,6H,4-5,7H2,(H2,14,15)(H,16,17)(H,21,22)(H2,18,19,20). The van der Waals surface area contributed by atoms with Gasteiger partial charge < -0.3 is 30.0 Å². The third-order valence-electron chi connectivity index (χ3n) is 2.98. The van der Waals surface area contributed by atoms with Gasteiger partial charge in [-0.05, 0) is 17.7 Å². The van der Waals surface area contributed by atoms with Crippen molar-refractivity contribution >= 4 is 39.7 Å². The van der Waals surface area contributed by atoms with Crippen LogP contribution in [0.2, 0.25) is 0 Å². The number of thiazole rings is 1. The summed E-state index contributed by atoms with van der Waals surface area (Å²) in [6.45, 7) is -0.200. The average molecular weight is 492 g/mol. The quantitative estimate of drug-likeness (QED) is 0.240. The Morgan fingerprint density at radius 2 is 1.83 bits per heavy atom. The average Bonchev–Trinajstić information content (AvgIpc) is 2.89. The van der Waals surface area contributed by atoms with Crippen molar-refractivity contribution in [1.29, 1.82) is 0 Å². The van der Waals surface area contributed by atoms with Crippen molar-refractivity contribution in [3.63, 3.8) is 0 Å². The highest BCUT2D eigenvalue weighted by Crippen LogP contribution is 2.65. The largest absolute Gasteiger partial charge is 0.488 e. The normalized spacial score (nSPS) is 16.3. The Kier molecular flexibility index (Phi) is 7.88. The van der Waals surface area contributed by atoms with E-state index in [4.69, 9.17) is 25.2 Å². The van der Waals surface area contributed by atoms with Gasteiger partial charge in [-0.15, -0.1) is 0 Å². The number of halogens is 1. The van der Waals surface area contributed by atoms with Gasteiger partial charge in [-0.25, -0.2) is 22.8 Å². The molecule has 0 amide bonds. The van der Waals surface area contributed by atoms with E-state index in [1.54, 1.807) is 6.07 Å². The molecule has 0 saturated heterocycles. The molecule has 162 valence electrons. The molecule has 0 bridgehead atoms. The minimum Gasteiger partial charge on any atom is -0.375 e. The molecule has 17 heteroatoms. The van der Waals surface area contributed by atoms with E-state index in [-0.39, 0.29) is 18.2 Å². The molecular weight excluding hydrogens is 476 g/mol. The van der Waals surface area contributed by atoms with Gasteiger partial charge >= 0.3 is 23.2 Å². The van der Waals surface area contributed by atoms with Crippen LogP contribution in [0.15, 0.2) is 24.3 Å². The molecule has 0 fully saturated rings. The highest BCUT2D eigenvalue weighted by Gasteiger charge is 2.39. The number of phosphoric acid groups is 2. The van der Waals surface area contributed by atoms with E-state index in [2.05, 4.69) is 13.6 Å². The second-order valence-corrected chi connectivity index (χ2v) is 11.2. The fourth-order valence-corrected chi connectivity index (χ4v) is 6.25. The van der Waals surface area contributed by atoms with Crippen molar-refractivity contribution in [2.75, 3.05) is 18.7 Å². The fourth-order valence-electron chi connectivity index (χ4n) is 2.08. The smallest absolute Gasteiger partial charge is 0.375 e. The van der Waals surface area contributed by atoms with Crippen LogP contribution in [-0.4, -0.2) is 37.5 Å². The third kappa shape index (κ3) is 8.33. The number of nitrogens with zero attached hydrogens (tertiary/aromatic N) is 1. The number of hydrogen-bond acceptors (Lipinski definition) is 9. The van der Waals surface area contributed by atoms with Crippen molar-refractivity contribution in [3.05, 3.63) is 35.8 Å². The molecule has 29 heavy (non-hydrogen) atoms. The van der Waals surface area contributed by atoms with Crippen LogP contribution < -0.4 is 5.73 Å². The zero-order valence-corrected chi connectivity index (χ0v) is 17.8. The summed E-state index contributed by atoms with van der Waals surface area (Å²) in [7, 11) is -15.8. The summed E-state index contributed by atoms with van der Waals surface area (Å²) in [4.78, 5) is 40.2. The van der Waals surface area contributed by atoms with Crippen molar-refractivity contribution in [3.8, 4) is 10.4 Å². The van der Waals surface area contributed by atoms with Crippen LogP contribution in [0.25, 0.3) is 10.4 Å². The molecule has 6 N–H and O–H groups in total. The molecule has 0 spiro atoms. The SMILES string of the molecule is Nc1nc(CCOCP(=O)(O)OP(=O)(O)OP(=O)(O)O)c(-c2cccc(F)c2)s1. The predicted molar refractivity (Wildman–Crippen MR) is 100 cm³/mol. The Bertz CT molecular complexity index is 1010. The topological polar surface area (TPSA) is 199 Å². The van der Waals surface area contributed by atoms with E-state index in [1.807, 2.05) is 0 Å². The second kappa shape index (κ2) is 9.42. The Balaban J connectivity index is 1.95. The first-order valence-corrected chi connectivity index (χ1v) is 13.1. The highest BCUT2D eigenvalue weighted by molar-refractivity contribution is 7.68. The number of ether oxygens (including phenoxy) is 1. The fraction of sp³-hybridized carbons (Fsp3) is 0.250. The highest BCUT2D eigenvalue weighted by atomic mass is 32.1. The molecule has 0 aliphatic rings. The number of benzene rings is 1. The summed E-state index contributed by atoms with van der Waals surface area (Å²) in [5.74, 6) is -0.457. The summed E-state index contributed by atoms with van der Waals surface area (Å²) in [6.07, 6.45) is -0.980. The van der Waals surface area contributed by atoms with Gasteiger partial charge in [0.15, 0.2) is 5.13 Å². The lowest BCUT2D eigenvalue weighted by molar-refractivity contribution is 0.154. The van der Waals surface area contributed by atoms with Crippen molar-refractivity contribution in [2.24, 2.45) is 0 Å². The minimum atomic E-state index is -5.51. The van der Waals surface area contributed by atoms with Gasteiger partial charge in [0.25, 0.3) is 0 Å². The number of aromatic nitrogens is 1. The van der Waals surface area contributed by atoms with Gasteiger partial charge in [-0.3, -0.25) is 4.57 Å². The molecule has 0 aliphatic carbocycles. The maximum atomic E-state index is 13.4. The van der Waals surface area contributed by atoms with Gasteiger partial charge in [-0.1, -0.05) is 23.5 Å².